The first-order valence-corrected chi connectivity index (χ1v) is 9.85. The molecule has 0 aliphatic carbocycles. The standard InChI is InChI=1S/C25H21FN2O2/c26-21-13-7-6-11-19(21)18-10-4-5-12-20(18)25-22(15-27)28(23(25)16-29)24(30)14-17-8-2-1-3-9-17/h1-13,22-23,25,29H,14,16H2/t22-,23+,25-/m1/s1. The van der Waals surface area contributed by atoms with Crippen LogP contribution in [0.5, 0.6) is 0 Å². The zero-order chi connectivity index (χ0) is 21.1. The van der Waals surface area contributed by atoms with Crippen molar-refractivity contribution < 1.29 is 14.3 Å². The SMILES string of the molecule is N#C[C@@H]1[C@@H](c2ccccc2-c2ccccc2F)[C@H](CO)N1C(=O)Cc1ccccc1. The van der Waals surface area contributed by atoms with Crippen molar-refractivity contribution in [3.8, 4) is 17.2 Å². The molecule has 4 nitrogen and oxygen atoms in total. The molecule has 3 aromatic carbocycles. The molecule has 0 spiro atoms. The van der Waals surface area contributed by atoms with Gasteiger partial charge in [0.2, 0.25) is 5.91 Å². The van der Waals surface area contributed by atoms with E-state index in [0.717, 1.165) is 11.1 Å². The maximum absolute atomic E-state index is 14.5. The lowest BCUT2D eigenvalue weighted by Gasteiger charge is -2.52. The Kier molecular flexibility index (Phi) is 5.60. The molecule has 0 aromatic heterocycles. The summed E-state index contributed by atoms with van der Waals surface area (Å²) < 4.78 is 14.5. The van der Waals surface area contributed by atoms with Gasteiger partial charge in [0.15, 0.2) is 0 Å². The Bertz CT molecular complexity index is 1090. The lowest BCUT2D eigenvalue weighted by atomic mass is 9.73. The van der Waals surface area contributed by atoms with Crippen LogP contribution in [0.25, 0.3) is 11.1 Å². The highest BCUT2D eigenvalue weighted by atomic mass is 19.1. The molecule has 4 rings (SSSR count). The number of carbonyl (C=O) groups is 1. The molecule has 0 unspecified atom stereocenters. The normalized spacial score (nSPS) is 20.3. The molecule has 1 fully saturated rings. The molecule has 3 aromatic rings. The molecule has 30 heavy (non-hydrogen) atoms. The van der Waals surface area contributed by atoms with E-state index in [0.29, 0.717) is 11.1 Å². The zero-order valence-electron chi connectivity index (χ0n) is 16.3. The molecule has 1 saturated heterocycles. The maximum atomic E-state index is 14.5. The van der Waals surface area contributed by atoms with Crippen molar-refractivity contribution in [3.05, 3.63) is 95.8 Å². The van der Waals surface area contributed by atoms with Crippen LogP contribution in [-0.2, 0) is 11.2 Å². The highest BCUT2D eigenvalue weighted by Crippen LogP contribution is 2.44. The molecule has 5 heteroatoms. The van der Waals surface area contributed by atoms with Crippen LogP contribution in [0.3, 0.4) is 0 Å². The van der Waals surface area contributed by atoms with Crippen molar-refractivity contribution >= 4 is 5.91 Å². The highest BCUT2D eigenvalue weighted by molar-refractivity contribution is 5.82. The lowest BCUT2D eigenvalue weighted by Crippen LogP contribution is -2.65. The number of aliphatic hydroxyl groups excluding tert-OH is 1. The van der Waals surface area contributed by atoms with E-state index in [1.165, 1.54) is 11.0 Å². The summed E-state index contributed by atoms with van der Waals surface area (Å²) in [5, 5.41) is 19.9. The summed E-state index contributed by atoms with van der Waals surface area (Å²) in [4.78, 5) is 14.4. The molecule has 3 atom stereocenters. The van der Waals surface area contributed by atoms with Crippen LogP contribution >= 0.6 is 0 Å². The summed E-state index contributed by atoms with van der Waals surface area (Å²) >= 11 is 0. The van der Waals surface area contributed by atoms with Gasteiger partial charge in [-0.2, -0.15) is 5.26 Å². The van der Waals surface area contributed by atoms with E-state index in [4.69, 9.17) is 0 Å². The average Bonchev–Trinajstić information content (AvgIpc) is 2.75. The fourth-order valence-electron chi connectivity index (χ4n) is 4.30. The van der Waals surface area contributed by atoms with Crippen molar-refractivity contribution in [2.45, 2.75) is 24.4 Å². The second-order valence-corrected chi connectivity index (χ2v) is 7.38. The second kappa shape index (κ2) is 8.48. The highest BCUT2D eigenvalue weighted by Gasteiger charge is 2.52. The van der Waals surface area contributed by atoms with Gasteiger partial charge in [-0.3, -0.25) is 4.79 Å². The van der Waals surface area contributed by atoms with Crippen LogP contribution in [0.1, 0.15) is 17.0 Å². The number of rotatable bonds is 5. The van der Waals surface area contributed by atoms with Gasteiger partial charge < -0.3 is 10.0 Å². The van der Waals surface area contributed by atoms with E-state index in [2.05, 4.69) is 6.07 Å². The van der Waals surface area contributed by atoms with E-state index in [9.17, 15) is 19.6 Å². The first-order chi connectivity index (χ1) is 14.7. The Balaban J connectivity index is 1.67. The van der Waals surface area contributed by atoms with Gasteiger partial charge in [-0.1, -0.05) is 72.8 Å². The van der Waals surface area contributed by atoms with Crippen molar-refractivity contribution in [1.82, 2.24) is 4.90 Å². The van der Waals surface area contributed by atoms with Gasteiger partial charge in [-0.15, -0.1) is 0 Å². The molecule has 1 heterocycles. The van der Waals surface area contributed by atoms with Crippen LogP contribution in [0.4, 0.5) is 4.39 Å². The van der Waals surface area contributed by atoms with Gasteiger partial charge in [0, 0.05) is 11.5 Å². The van der Waals surface area contributed by atoms with Gasteiger partial charge >= 0.3 is 0 Å². The minimum Gasteiger partial charge on any atom is -0.394 e. The van der Waals surface area contributed by atoms with Crippen LogP contribution in [0.15, 0.2) is 78.9 Å². The van der Waals surface area contributed by atoms with Crippen LogP contribution in [0.2, 0.25) is 0 Å². The minimum absolute atomic E-state index is 0.164. The monoisotopic (exact) mass is 400 g/mol. The Morgan fingerprint density at radius 2 is 1.60 bits per heavy atom. The van der Waals surface area contributed by atoms with Gasteiger partial charge in [0.05, 0.1) is 25.1 Å². The number of carbonyl (C=O) groups excluding carboxylic acids is 1. The van der Waals surface area contributed by atoms with Crippen LogP contribution in [0, 0.1) is 17.1 Å². The summed E-state index contributed by atoms with van der Waals surface area (Å²) in [6.45, 7) is -0.269. The number of amides is 1. The number of nitriles is 1. The van der Waals surface area contributed by atoms with E-state index >= 15 is 0 Å². The molecule has 150 valence electrons. The molecule has 1 N–H and O–H groups in total. The molecule has 0 saturated carbocycles. The van der Waals surface area contributed by atoms with Crippen molar-refractivity contribution in [3.63, 3.8) is 0 Å². The van der Waals surface area contributed by atoms with Gasteiger partial charge in [-0.05, 0) is 22.8 Å². The van der Waals surface area contributed by atoms with Gasteiger partial charge in [-0.25, -0.2) is 4.39 Å². The molecule has 0 bridgehead atoms. The largest absolute Gasteiger partial charge is 0.394 e. The topological polar surface area (TPSA) is 64.3 Å². The van der Waals surface area contributed by atoms with Gasteiger partial charge in [0.1, 0.15) is 11.9 Å². The number of benzene rings is 3. The molecular formula is C25H21FN2O2. The smallest absolute Gasteiger partial charge is 0.228 e. The quantitative estimate of drug-likeness (QED) is 0.706. The van der Waals surface area contributed by atoms with Crippen molar-refractivity contribution in [2.75, 3.05) is 6.61 Å². The summed E-state index contributed by atoms with van der Waals surface area (Å²) in [6.07, 6.45) is 0.164. The Hall–Kier alpha value is -3.49. The number of nitrogens with zero attached hydrogens (tertiary/aromatic N) is 2. The fraction of sp³-hybridized carbons (Fsp3) is 0.200. The van der Waals surface area contributed by atoms with Crippen LogP contribution in [-0.4, -0.2) is 34.6 Å². The van der Waals surface area contributed by atoms with Crippen LogP contribution < -0.4 is 0 Å². The number of aliphatic hydroxyl groups is 1. The minimum atomic E-state index is -0.716. The number of likely N-dealkylation sites (tertiary alicyclic amines) is 1. The Morgan fingerprint density at radius 1 is 0.967 bits per heavy atom. The van der Waals surface area contributed by atoms with Crippen molar-refractivity contribution in [2.24, 2.45) is 0 Å². The Labute approximate surface area is 174 Å². The van der Waals surface area contributed by atoms with Gasteiger partial charge in [0.25, 0.3) is 0 Å². The molecular weight excluding hydrogens is 379 g/mol. The molecule has 0 radical (unpaired) electrons. The second-order valence-electron chi connectivity index (χ2n) is 7.38. The lowest BCUT2D eigenvalue weighted by molar-refractivity contribution is -0.146. The third kappa shape index (κ3) is 3.47. The van der Waals surface area contributed by atoms with E-state index in [-0.39, 0.29) is 24.8 Å². The first-order valence-electron chi connectivity index (χ1n) is 9.85. The van der Waals surface area contributed by atoms with E-state index < -0.39 is 18.0 Å². The van der Waals surface area contributed by atoms with E-state index in [1.54, 1.807) is 18.2 Å². The van der Waals surface area contributed by atoms with Crippen molar-refractivity contribution in [1.29, 1.82) is 5.26 Å². The fourth-order valence-corrected chi connectivity index (χ4v) is 4.30. The summed E-state index contributed by atoms with van der Waals surface area (Å²) in [5.41, 5.74) is 2.73. The summed E-state index contributed by atoms with van der Waals surface area (Å²) in [7, 11) is 0. The number of halogens is 1. The summed E-state index contributed by atoms with van der Waals surface area (Å²) in [6, 6.07) is 24.1. The molecule has 1 amide bonds. The van der Waals surface area contributed by atoms with E-state index in [1.807, 2.05) is 54.6 Å². The third-order valence-corrected chi connectivity index (χ3v) is 5.70. The third-order valence-electron chi connectivity index (χ3n) is 5.70. The first kappa shape index (κ1) is 19.8. The zero-order valence-corrected chi connectivity index (χ0v) is 16.3. The predicted octanol–water partition coefficient (Wildman–Crippen LogP) is 3.91. The number of hydrogen-bond acceptors (Lipinski definition) is 3. The summed E-state index contributed by atoms with van der Waals surface area (Å²) in [5.74, 6) is -0.947. The maximum Gasteiger partial charge on any atom is 0.228 e. The Morgan fingerprint density at radius 3 is 2.27 bits per heavy atom. The molecule has 1 aliphatic heterocycles. The molecule has 1 aliphatic rings. The average molecular weight is 400 g/mol. The number of hydrogen-bond donors (Lipinski definition) is 1. The predicted molar refractivity (Wildman–Crippen MR) is 112 cm³/mol.